The average Bonchev–Trinajstić information content (AvgIpc) is 3.02. The minimum Gasteiger partial charge on any atom is -0.343 e. The fraction of sp³-hybridized carbons (Fsp3) is 0.556. The molecule has 0 aromatic heterocycles. The van der Waals surface area contributed by atoms with Gasteiger partial charge in [0.1, 0.15) is 0 Å². The second-order valence-electron chi connectivity index (χ2n) is 6.74. The Morgan fingerprint density at radius 2 is 1.78 bits per heavy atom. The molecule has 0 unspecified atom stereocenters. The lowest BCUT2D eigenvalue weighted by molar-refractivity contribution is -0.133. The molecule has 1 N–H and O–H groups in total. The van der Waals surface area contributed by atoms with Crippen LogP contribution in [0.3, 0.4) is 0 Å². The SMILES string of the molecule is O=C(CCC(=O)N1CCC2(CCNC2)CC1)c1ccc(Cl)cc1. The van der Waals surface area contributed by atoms with Crippen molar-refractivity contribution in [1.82, 2.24) is 10.2 Å². The number of likely N-dealkylation sites (tertiary alicyclic amines) is 1. The van der Waals surface area contributed by atoms with E-state index in [-0.39, 0.29) is 18.1 Å². The Morgan fingerprint density at radius 3 is 2.39 bits per heavy atom. The topological polar surface area (TPSA) is 49.4 Å². The first-order valence-corrected chi connectivity index (χ1v) is 8.73. The van der Waals surface area contributed by atoms with Crippen LogP contribution in [0.4, 0.5) is 0 Å². The summed E-state index contributed by atoms with van der Waals surface area (Å²) in [6, 6.07) is 6.84. The largest absolute Gasteiger partial charge is 0.343 e. The van der Waals surface area contributed by atoms with E-state index in [4.69, 9.17) is 11.6 Å². The molecule has 1 aromatic rings. The van der Waals surface area contributed by atoms with Crippen LogP contribution in [0.2, 0.25) is 5.02 Å². The highest BCUT2D eigenvalue weighted by Crippen LogP contribution is 2.37. The Balaban J connectivity index is 1.46. The van der Waals surface area contributed by atoms with Gasteiger partial charge < -0.3 is 10.2 Å². The molecule has 2 aliphatic heterocycles. The number of carbonyl (C=O) groups is 2. The molecule has 5 heteroatoms. The number of rotatable bonds is 4. The van der Waals surface area contributed by atoms with E-state index in [0.717, 1.165) is 39.0 Å². The van der Waals surface area contributed by atoms with Crippen LogP contribution in [-0.2, 0) is 4.79 Å². The number of carbonyl (C=O) groups excluding carboxylic acids is 2. The Morgan fingerprint density at radius 1 is 1.09 bits per heavy atom. The zero-order chi connectivity index (χ0) is 16.3. The van der Waals surface area contributed by atoms with Gasteiger partial charge in [0.15, 0.2) is 5.78 Å². The average molecular weight is 335 g/mol. The van der Waals surface area contributed by atoms with Crippen molar-refractivity contribution in [3.05, 3.63) is 34.9 Å². The monoisotopic (exact) mass is 334 g/mol. The Bertz CT molecular complexity index is 569. The maximum atomic E-state index is 12.3. The molecular weight excluding hydrogens is 312 g/mol. The van der Waals surface area contributed by atoms with Crippen molar-refractivity contribution in [2.45, 2.75) is 32.1 Å². The van der Waals surface area contributed by atoms with E-state index >= 15 is 0 Å². The van der Waals surface area contributed by atoms with Crippen LogP contribution in [0.5, 0.6) is 0 Å². The summed E-state index contributed by atoms with van der Waals surface area (Å²) >= 11 is 5.82. The summed E-state index contributed by atoms with van der Waals surface area (Å²) in [6.45, 7) is 3.85. The molecule has 0 radical (unpaired) electrons. The van der Waals surface area contributed by atoms with Crippen molar-refractivity contribution in [3.63, 3.8) is 0 Å². The zero-order valence-corrected chi connectivity index (χ0v) is 14.1. The number of hydrogen-bond donors (Lipinski definition) is 1. The summed E-state index contributed by atoms with van der Waals surface area (Å²) < 4.78 is 0. The smallest absolute Gasteiger partial charge is 0.223 e. The molecule has 2 fully saturated rings. The third-order valence-electron chi connectivity index (χ3n) is 5.24. The van der Waals surface area contributed by atoms with Gasteiger partial charge in [-0.1, -0.05) is 11.6 Å². The fourth-order valence-electron chi connectivity index (χ4n) is 3.61. The molecule has 0 atom stereocenters. The molecule has 2 aliphatic rings. The van der Waals surface area contributed by atoms with E-state index in [1.807, 2.05) is 4.90 Å². The number of piperidine rings is 1. The molecule has 4 nitrogen and oxygen atoms in total. The summed E-state index contributed by atoms with van der Waals surface area (Å²) in [5, 5.41) is 4.04. The highest BCUT2D eigenvalue weighted by Gasteiger charge is 2.37. The number of Topliss-reactive ketones (excluding diaryl/α,β-unsaturated/α-hetero) is 1. The highest BCUT2D eigenvalue weighted by molar-refractivity contribution is 6.30. The van der Waals surface area contributed by atoms with Crippen molar-refractivity contribution in [2.75, 3.05) is 26.2 Å². The predicted octanol–water partition coefficient (Wildman–Crippen LogP) is 2.91. The van der Waals surface area contributed by atoms with Gasteiger partial charge in [0.25, 0.3) is 0 Å². The summed E-state index contributed by atoms with van der Waals surface area (Å²) in [4.78, 5) is 26.4. The zero-order valence-electron chi connectivity index (χ0n) is 13.3. The number of ketones is 1. The lowest BCUT2D eigenvalue weighted by Gasteiger charge is -2.38. The van der Waals surface area contributed by atoms with Crippen LogP contribution in [0.15, 0.2) is 24.3 Å². The Kier molecular flexibility index (Phi) is 5.02. The van der Waals surface area contributed by atoms with Crippen molar-refractivity contribution < 1.29 is 9.59 Å². The van der Waals surface area contributed by atoms with Gasteiger partial charge in [0.2, 0.25) is 5.91 Å². The third kappa shape index (κ3) is 3.93. The number of hydrogen-bond acceptors (Lipinski definition) is 3. The summed E-state index contributed by atoms with van der Waals surface area (Å²) in [6.07, 6.45) is 3.95. The molecule has 3 rings (SSSR count). The third-order valence-corrected chi connectivity index (χ3v) is 5.49. The number of nitrogens with zero attached hydrogens (tertiary/aromatic N) is 1. The van der Waals surface area contributed by atoms with Gasteiger partial charge in [-0.3, -0.25) is 9.59 Å². The molecule has 1 aromatic carbocycles. The van der Waals surface area contributed by atoms with E-state index in [9.17, 15) is 9.59 Å². The Labute approximate surface area is 142 Å². The van der Waals surface area contributed by atoms with E-state index < -0.39 is 0 Å². The van der Waals surface area contributed by atoms with Crippen LogP contribution in [-0.4, -0.2) is 42.8 Å². The maximum absolute atomic E-state index is 12.3. The second kappa shape index (κ2) is 7.02. The predicted molar refractivity (Wildman–Crippen MR) is 90.8 cm³/mol. The summed E-state index contributed by atoms with van der Waals surface area (Å²) in [5.41, 5.74) is 1.03. The van der Waals surface area contributed by atoms with Gasteiger partial charge in [-0.2, -0.15) is 0 Å². The minimum atomic E-state index is 0.00323. The van der Waals surface area contributed by atoms with Crippen LogP contribution < -0.4 is 5.32 Å². The molecule has 0 saturated carbocycles. The maximum Gasteiger partial charge on any atom is 0.223 e. The van der Waals surface area contributed by atoms with Gasteiger partial charge in [-0.25, -0.2) is 0 Å². The van der Waals surface area contributed by atoms with Crippen molar-refractivity contribution in [1.29, 1.82) is 0 Å². The Hall–Kier alpha value is -1.39. The van der Waals surface area contributed by atoms with Crippen molar-refractivity contribution in [3.8, 4) is 0 Å². The minimum absolute atomic E-state index is 0.00323. The van der Waals surface area contributed by atoms with Gasteiger partial charge in [-0.15, -0.1) is 0 Å². The van der Waals surface area contributed by atoms with Crippen LogP contribution in [0.25, 0.3) is 0 Å². The first-order chi connectivity index (χ1) is 11.1. The normalized spacial score (nSPS) is 20.0. The van der Waals surface area contributed by atoms with Gasteiger partial charge in [0.05, 0.1) is 0 Å². The molecule has 0 bridgehead atoms. The molecule has 23 heavy (non-hydrogen) atoms. The van der Waals surface area contributed by atoms with Crippen molar-refractivity contribution in [2.24, 2.45) is 5.41 Å². The molecule has 2 heterocycles. The molecule has 0 aliphatic carbocycles. The number of halogens is 1. The van der Waals surface area contributed by atoms with Crippen LogP contribution >= 0.6 is 11.6 Å². The second-order valence-corrected chi connectivity index (χ2v) is 7.17. The van der Waals surface area contributed by atoms with E-state index in [2.05, 4.69) is 5.32 Å². The number of benzene rings is 1. The van der Waals surface area contributed by atoms with Crippen molar-refractivity contribution >= 4 is 23.3 Å². The summed E-state index contributed by atoms with van der Waals surface area (Å²) in [7, 11) is 0. The first kappa shape index (κ1) is 16.5. The standard InChI is InChI=1S/C18H23ClN2O2/c19-15-3-1-14(2-4-15)16(22)5-6-17(23)21-11-8-18(9-12-21)7-10-20-13-18/h1-4,20H,5-13H2. The number of nitrogens with one attached hydrogen (secondary N) is 1. The molecule has 1 spiro atoms. The molecule has 1 amide bonds. The molecular formula is C18H23ClN2O2. The molecule has 2 saturated heterocycles. The van der Waals surface area contributed by atoms with Gasteiger partial charge in [-0.05, 0) is 55.5 Å². The summed E-state index contributed by atoms with van der Waals surface area (Å²) in [5.74, 6) is 0.108. The quantitative estimate of drug-likeness (QED) is 0.861. The first-order valence-electron chi connectivity index (χ1n) is 8.35. The molecule has 124 valence electrons. The van der Waals surface area contributed by atoms with E-state index in [0.29, 0.717) is 22.4 Å². The van der Waals surface area contributed by atoms with E-state index in [1.54, 1.807) is 24.3 Å². The lowest BCUT2D eigenvalue weighted by Crippen LogP contribution is -2.44. The number of amides is 1. The highest BCUT2D eigenvalue weighted by atomic mass is 35.5. The fourth-order valence-corrected chi connectivity index (χ4v) is 3.74. The van der Waals surface area contributed by atoms with Gasteiger partial charge >= 0.3 is 0 Å². The van der Waals surface area contributed by atoms with Crippen LogP contribution in [0, 0.1) is 5.41 Å². The lowest BCUT2D eigenvalue weighted by atomic mass is 9.78. The van der Waals surface area contributed by atoms with Crippen LogP contribution in [0.1, 0.15) is 42.5 Å². The van der Waals surface area contributed by atoms with E-state index in [1.165, 1.54) is 6.42 Å². The van der Waals surface area contributed by atoms with Gasteiger partial charge in [0, 0.05) is 43.1 Å².